The van der Waals surface area contributed by atoms with Crippen LogP contribution in [0.25, 0.3) is 0 Å². The second-order valence-electron chi connectivity index (χ2n) is 5.16. The van der Waals surface area contributed by atoms with Crippen LogP contribution in [-0.2, 0) is 16.0 Å². The van der Waals surface area contributed by atoms with Crippen molar-refractivity contribution >= 4 is 11.9 Å². The number of furan rings is 1. The van der Waals surface area contributed by atoms with Crippen LogP contribution in [-0.4, -0.2) is 25.0 Å². The van der Waals surface area contributed by atoms with Crippen molar-refractivity contribution in [1.82, 2.24) is 5.32 Å². The Morgan fingerprint density at radius 1 is 1.35 bits per heavy atom. The summed E-state index contributed by atoms with van der Waals surface area (Å²) in [4.78, 5) is 23.6. The fourth-order valence-corrected chi connectivity index (χ4v) is 2.72. The highest BCUT2D eigenvalue weighted by atomic mass is 16.5. The maximum Gasteiger partial charge on any atom is 0.308 e. The lowest BCUT2D eigenvalue weighted by atomic mass is 9.86. The molecule has 0 atom stereocenters. The Balaban J connectivity index is 1.86. The minimum Gasteiger partial charge on any atom is -0.469 e. The first-order chi connectivity index (χ1) is 9.65. The predicted molar refractivity (Wildman–Crippen MR) is 73.3 cm³/mol. The van der Waals surface area contributed by atoms with Gasteiger partial charge in [0, 0.05) is 12.5 Å². The van der Waals surface area contributed by atoms with Crippen LogP contribution in [0.15, 0.2) is 16.7 Å². The molecule has 0 bridgehead atoms. The zero-order valence-electron chi connectivity index (χ0n) is 12.0. The van der Waals surface area contributed by atoms with Gasteiger partial charge in [0.1, 0.15) is 5.76 Å². The van der Waals surface area contributed by atoms with E-state index in [1.165, 1.54) is 7.11 Å². The molecule has 0 aliphatic heterocycles. The molecule has 1 aromatic rings. The number of amides is 1. The van der Waals surface area contributed by atoms with E-state index < -0.39 is 0 Å². The minimum atomic E-state index is -0.141. The van der Waals surface area contributed by atoms with Gasteiger partial charge in [0.05, 0.1) is 24.9 Å². The molecule has 20 heavy (non-hydrogen) atoms. The van der Waals surface area contributed by atoms with Gasteiger partial charge in [-0.25, -0.2) is 0 Å². The average molecular weight is 279 g/mol. The largest absolute Gasteiger partial charge is 0.469 e. The molecule has 1 saturated carbocycles. The fourth-order valence-electron chi connectivity index (χ4n) is 2.72. The van der Waals surface area contributed by atoms with Gasteiger partial charge >= 0.3 is 5.97 Å². The quantitative estimate of drug-likeness (QED) is 0.859. The third-order valence-corrected chi connectivity index (χ3v) is 3.91. The Morgan fingerprint density at radius 2 is 2.05 bits per heavy atom. The maximum atomic E-state index is 12.2. The van der Waals surface area contributed by atoms with Gasteiger partial charge in [0.15, 0.2) is 0 Å². The number of hydrogen-bond donors (Lipinski definition) is 1. The summed E-state index contributed by atoms with van der Waals surface area (Å²) in [6.45, 7) is 1.96. The molecule has 1 aliphatic carbocycles. The molecule has 0 aromatic carbocycles. The van der Waals surface area contributed by atoms with E-state index in [0.29, 0.717) is 17.7 Å². The van der Waals surface area contributed by atoms with Crippen LogP contribution >= 0.6 is 0 Å². The first-order valence-electron chi connectivity index (χ1n) is 7.10. The molecule has 110 valence electrons. The summed E-state index contributed by atoms with van der Waals surface area (Å²) in [7, 11) is 1.42. The topological polar surface area (TPSA) is 68.5 Å². The van der Waals surface area contributed by atoms with Crippen molar-refractivity contribution in [2.24, 2.45) is 5.92 Å². The first-order valence-corrected chi connectivity index (χ1v) is 7.10. The molecule has 2 rings (SSSR count). The summed E-state index contributed by atoms with van der Waals surface area (Å²) in [5.41, 5.74) is 0.614. The van der Waals surface area contributed by atoms with Crippen molar-refractivity contribution in [3.8, 4) is 0 Å². The molecular weight excluding hydrogens is 258 g/mol. The Labute approximate surface area is 118 Å². The summed E-state index contributed by atoms with van der Waals surface area (Å²) in [5, 5.41) is 3.02. The van der Waals surface area contributed by atoms with Crippen LogP contribution in [0.1, 0.15) is 48.7 Å². The third-order valence-electron chi connectivity index (χ3n) is 3.91. The second kappa shape index (κ2) is 6.59. The molecule has 0 saturated heterocycles. The summed E-state index contributed by atoms with van der Waals surface area (Å²) in [6, 6.07) is 1.83. The standard InChI is InChI=1S/C15H21NO4/c1-3-13-12(8-9-20-13)14(17)16-11-6-4-10(5-7-11)15(18)19-2/h8-11H,3-7H2,1-2H3,(H,16,17). The highest BCUT2D eigenvalue weighted by Gasteiger charge is 2.28. The number of ether oxygens (including phenoxy) is 1. The molecule has 1 amide bonds. The number of hydrogen-bond acceptors (Lipinski definition) is 4. The van der Waals surface area contributed by atoms with E-state index in [-0.39, 0.29) is 23.8 Å². The number of methoxy groups -OCH3 is 1. The SMILES string of the molecule is CCc1occc1C(=O)NC1CCC(C(=O)OC)CC1. The predicted octanol–water partition coefficient (Wildman–Crippen LogP) is 2.30. The van der Waals surface area contributed by atoms with Crippen molar-refractivity contribution < 1.29 is 18.7 Å². The zero-order chi connectivity index (χ0) is 14.5. The Bertz CT molecular complexity index is 472. The zero-order valence-corrected chi connectivity index (χ0v) is 12.0. The molecule has 1 aliphatic rings. The van der Waals surface area contributed by atoms with Gasteiger partial charge < -0.3 is 14.5 Å². The van der Waals surface area contributed by atoms with Crippen LogP contribution in [0.2, 0.25) is 0 Å². The maximum absolute atomic E-state index is 12.2. The van der Waals surface area contributed by atoms with Gasteiger partial charge in [-0.05, 0) is 31.7 Å². The molecule has 1 aromatic heterocycles. The van der Waals surface area contributed by atoms with Gasteiger partial charge in [0.2, 0.25) is 0 Å². The molecule has 1 N–H and O–H groups in total. The normalized spacial score (nSPS) is 22.3. The van der Waals surface area contributed by atoms with Crippen molar-refractivity contribution in [1.29, 1.82) is 0 Å². The van der Waals surface area contributed by atoms with Gasteiger partial charge in [-0.15, -0.1) is 0 Å². The number of nitrogens with one attached hydrogen (secondary N) is 1. The summed E-state index contributed by atoms with van der Waals surface area (Å²) in [6.07, 6.45) is 5.40. The molecule has 0 spiro atoms. The van der Waals surface area contributed by atoms with E-state index in [2.05, 4.69) is 5.32 Å². The molecular formula is C15H21NO4. The summed E-state index contributed by atoms with van der Waals surface area (Å²) in [5.74, 6) is 0.467. The van der Waals surface area contributed by atoms with E-state index in [0.717, 1.165) is 25.7 Å². The van der Waals surface area contributed by atoms with Crippen LogP contribution < -0.4 is 5.32 Å². The third kappa shape index (κ3) is 3.21. The van der Waals surface area contributed by atoms with Crippen LogP contribution in [0.5, 0.6) is 0 Å². The highest BCUT2D eigenvalue weighted by molar-refractivity contribution is 5.95. The van der Waals surface area contributed by atoms with Gasteiger partial charge in [-0.3, -0.25) is 9.59 Å². The van der Waals surface area contributed by atoms with E-state index in [4.69, 9.17) is 9.15 Å². The fraction of sp³-hybridized carbons (Fsp3) is 0.600. The van der Waals surface area contributed by atoms with Crippen molar-refractivity contribution in [3.63, 3.8) is 0 Å². The molecule has 0 unspecified atom stereocenters. The van der Waals surface area contributed by atoms with Gasteiger partial charge in [0.25, 0.3) is 5.91 Å². The lowest BCUT2D eigenvalue weighted by Gasteiger charge is -2.27. The Hall–Kier alpha value is -1.78. The number of esters is 1. The molecule has 1 heterocycles. The summed E-state index contributed by atoms with van der Waals surface area (Å²) >= 11 is 0. The Morgan fingerprint density at radius 3 is 2.65 bits per heavy atom. The molecule has 5 heteroatoms. The smallest absolute Gasteiger partial charge is 0.308 e. The molecule has 0 radical (unpaired) electrons. The molecule has 1 fully saturated rings. The second-order valence-corrected chi connectivity index (χ2v) is 5.16. The average Bonchev–Trinajstić information content (AvgIpc) is 2.95. The van der Waals surface area contributed by atoms with Crippen molar-refractivity contribution in [2.75, 3.05) is 7.11 Å². The monoisotopic (exact) mass is 279 g/mol. The van der Waals surface area contributed by atoms with Crippen LogP contribution in [0.4, 0.5) is 0 Å². The Kier molecular flexibility index (Phi) is 4.82. The highest BCUT2D eigenvalue weighted by Crippen LogP contribution is 2.25. The van der Waals surface area contributed by atoms with E-state index in [1.54, 1.807) is 12.3 Å². The lowest BCUT2D eigenvalue weighted by molar-refractivity contribution is -0.146. The number of aryl methyl sites for hydroxylation is 1. The van der Waals surface area contributed by atoms with Crippen LogP contribution in [0, 0.1) is 5.92 Å². The van der Waals surface area contributed by atoms with Crippen LogP contribution in [0.3, 0.4) is 0 Å². The lowest BCUT2D eigenvalue weighted by Crippen LogP contribution is -2.39. The van der Waals surface area contributed by atoms with E-state index in [9.17, 15) is 9.59 Å². The molecule has 5 nitrogen and oxygen atoms in total. The van der Waals surface area contributed by atoms with E-state index >= 15 is 0 Å². The van der Waals surface area contributed by atoms with E-state index in [1.807, 2.05) is 6.92 Å². The van der Waals surface area contributed by atoms with Gasteiger partial charge in [-0.1, -0.05) is 6.92 Å². The number of carbonyl (C=O) groups is 2. The van der Waals surface area contributed by atoms with Crippen molar-refractivity contribution in [2.45, 2.75) is 45.1 Å². The summed E-state index contributed by atoms with van der Waals surface area (Å²) < 4.78 is 10.0. The minimum absolute atomic E-state index is 0.0201. The van der Waals surface area contributed by atoms with Gasteiger partial charge in [-0.2, -0.15) is 0 Å². The first kappa shape index (κ1) is 14.6. The number of rotatable bonds is 4. The van der Waals surface area contributed by atoms with Crippen molar-refractivity contribution in [3.05, 3.63) is 23.7 Å². The number of carbonyl (C=O) groups excluding carboxylic acids is 2.